The number of hydrogen-bond acceptors (Lipinski definition) is 3. The molecule has 3 nitrogen and oxygen atoms in total. The zero-order valence-corrected chi connectivity index (χ0v) is 13.1. The van der Waals surface area contributed by atoms with Crippen molar-refractivity contribution >= 4 is 17.7 Å². The van der Waals surface area contributed by atoms with Gasteiger partial charge in [0.1, 0.15) is 0 Å². The van der Waals surface area contributed by atoms with Crippen LogP contribution in [-0.4, -0.2) is 40.9 Å². The molecule has 0 spiro atoms. The highest BCUT2D eigenvalue weighted by molar-refractivity contribution is 7.97. The molecule has 1 saturated heterocycles. The summed E-state index contributed by atoms with van der Waals surface area (Å²) in [6.07, 6.45) is 4.35. The van der Waals surface area contributed by atoms with E-state index in [0.29, 0.717) is 13.0 Å². The highest BCUT2D eigenvalue weighted by Gasteiger charge is 2.27. The number of amides is 1. The van der Waals surface area contributed by atoms with Crippen molar-refractivity contribution in [2.45, 2.75) is 37.5 Å². The third-order valence-corrected chi connectivity index (χ3v) is 4.46. The van der Waals surface area contributed by atoms with E-state index in [2.05, 4.69) is 12.3 Å². The average molecular weight is 293 g/mol. The molecule has 20 heavy (non-hydrogen) atoms. The van der Waals surface area contributed by atoms with E-state index in [4.69, 9.17) is 0 Å². The van der Waals surface area contributed by atoms with Gasteiger partial charge in [-0.25, -0.2) is 0 Å². The summed E-state index contributed by atoms with van der Waals surface area (Å²) in [5.41, 5.74) is 1.32. The van der Waals surface area contributed by atoms with Crippen LogP contribution >= 0.6 is 11.8 Å². The molecule has 110 valence electrons. The van der Waals surface area contributed by atoms with Crippen molar-refractivity contribution in [2.24, 2.45) is 0 Å². The molecule has 1 aromatic carbocycles. The molecule has 4 heteroatoms. The van der Waals surface area contributed by atoms with E-state index in [-0.39, 0.29) is 5.91 Å². The zero-order valence-electron chi connectivity index (χ0n) is 12.3. The van der Waals surface area contributed by atoms with Gasteiger partial charge in [-0.2, -0.15) is 11.8 Å². The smallest absolute Gasteiger partial charge is 0.253 e. The number of likely N-dealkylation sites (tertiary alicyclic amines) is 1. The summed E-state index contributed by atoms with van der Waals surface area (Å²) in [6.45, 7) is 3.24. The summed E-state index contributed by atoms with van der Waals surface area (Å²) in [6, 6.07) is 7.88. The number of thioether (sulfide) groups is 1. The summed E-state index contributed by atoms with van der Waals surface area (Å²) >= 11 is 1.76. The van der Waals surface area contributed by atoms with Crippen LogP contribution in [0, 0.1) is 0 Å². The maximum atomic E-state index is 12.6. The maximum absolute atomic E-state index is 12.6. The number of carbonyl (C=O) groups is 1. The summed E-state index contributed by atoms with van der Waals surface area (Å²) in [5, 5.41) is 10.1. The first-order valence-electron chi connectivity index (χ1n) is 7.11. The molecule has 1 amide bonds. The highest BCUT2D eigenvalue weighted by atomic mass is 32.2. The quantitative estimate of drug-likeness (QED) is 0.931. The number of hydrogen-bond donors (Lipinski definition) is 1. The van der Waals surface area contributed by atoms with Crippen LogP contribution in [0.4, 0.5) is 0 Å². The number of aliphatic hydroxyl groups is 1. The number of nitrogens with zero attached hydrogens (tertiary/aromatic N) is 1. The van der Waals surface area contributed by atoms with Crippen LogP contribution in [0.25, 0.3) is 0 Å². The third-order valence-electron chi connectivity index (χ3n) is 3.84. The molecular formula is C16H23NO2S. The standard InChI is InChI=1S/C16H23NO2S/c1-16(19)7-4-9-17(10-8-16)15(18)14-6-3-5-13(11-14)12-20-2/h3,5-6,11,19H,4,7-10,12H2,1-2H3. The van der Waals surface area contributed by atoms with Crippen molar-refractivity contribution in [1.29, 1.82) is 0 Å². The lowest BCUT2D eigenvalue weighted by Crippen LogP contribution is -2.33. The fourth-order valence-corrected chi connectivity index (χ4v) is 3.12. The lowest BCUT2D eigenvalue weighted by Gasteiger charge is -2.22. The highest BCUT2D eigenvalue weighted by Crippen LogP contribution is 2.22. The Hall–Kier alpha value is -1.00. The van der Waals surface area contributed by atoms with E-state index < -0.39 is 5.60 Å². The fourth-order valence-electron chi connectivity index (χ4n) is 2.61. The third kappa shape index (κ3) is 4.00. The minimum Gasteiger partial charge on any atom is -0.390 e. The van der Waals surface area contributed by atoms with Crippen molar-refractivity contribution < 1.29 is 9.90 Å². The second kappa shape index (κ2) is 6.64. The topological polar surface area (TPSA) is 40.5 Å². The first-order chi connectivity index (χ1) is 9.52. The van der Waals surface area contributed by atoms with Crippen LogP contribution in [0.1, 0.15) is 42.1 Å². The van der Waals surface area contributed by atoms with Crippen LogP contribution in [0.5, 0.6) is 0 Å². The van der Waals surface area contributed by atoms with Crippen molar-refractivity contribution in [3.63, 3.8) is 0 Å². The van der Waals surface area contributed by atoms with E-state index in [1.54, 1.807) is 11.8 Å². The van der Waals surface area contributed by atoms with E-state index >= 15 is 0 Å². The minimum absolute atomic E-state index is 0.0886. The van der Waals surface area contributed by atoms with Gasteiger partial charge in [0.15, 0.2) is 0 Å². The number of rotatable bonds is 3. The van der Waals surface area contributed by atoms with E-state index in [1.807, 2.05) is 30.0 Å². The Balaban J connectivity index is 2.08. The Morgan fingerprint density at radius 3 is 2.95 bits per heavy atom. The summed E-state index contributed by atoms with van der Waals surface area (Å²) in [4.78, 5) is 14.4. The molecule has 1 fully saturated rings. The summed E-state index contributed by atoms with van der Waals surface area (Å²) < 4.78 is 0. The molecule has 1 aliphatic rings. The Morgan fingerprint density at radius 1 is 1.40 bits per heavy atom. The van der Waals surface area contributed by atoms with Gasteiger partial charge in [-0.05, 0) is 50.1 Å². The molecule has 0 aliphatic carbocycles. The van der Waals surface area contributed by atoms with Crippen molar-refractivity contribution in [3.8, 4) is 0 Å². The summed E-state index contributed by atoms with van der Waals surface area (Å²) in [5.74, 6) is 1.01. The van der Waals surface area contributed by atoms with Crippen molar-refractivity contribution in [1.82, 2.24) is 4.90 Å². The lowest BCUT2D eigenvalue weighted by atomic mass is 9.98. The van der Waals surface area contributed by atoms with Gasteiger partial charge >= 0.3 is 0 Å². The van der Waals surface area contributed by atoms with E-state index in [1.165, 1.54) is 5.56 Å². The lowest BCUT2D eigenvalue weighted by molar-refractivity contribution is 0.0438. The van der Waals surface area contributed by atoms with Gasteiger partial charge in [0.2, 0.25) is 0 Å². The van der Waals surface area contributed by atoms with Gasteiger partial charge in [-0.15, -0.1) is 0 Å². The van der Waals surface area contributed by atoms with Gasteiger partial charge in [0, 0.05) is 24.4 Å². The molecule has 1 unspecified atom stereocenters. The molecule has 0 radical (unpaired) electrons. The molecule has 1 heterocycles. The van der Waals surface area contributed by atoms with Crippen LogP contribution in [-0.2, 0) is 5.75 Å². The van der Waals surface area contributed by atoms with Gasteiger partial charge in [-0.3, -0.25) is 4.79 Å². The van der Waals surface area contributed by atoms with E-state index in [9.17, 15) is 9.90 Å². The van der Waals surface area contributed by atoms with Gasteiger partial charge in [-0.1, -0.05) is 12.1 Å². The Labute approximate surface area is 125 Å². The zero-order chi connectivity index (χ0) is 14.6. The largest absolute Gasteiger partial charge is 0.390 e. The fraction of sp³-hybridized carbons (Fsp3) is 0.562. The predicted molar refractivity (Wildman–Crippen MR) is 84.0 cm³/mol. The normalized spacial score (nSPS) is 23.4. The molecule has 2 rings (SSSR count). The molecule has 1 aromatic rings. The van der Waals surface area contributed by atoms with Gasteiger partial charge < -0.3 is 10.0 Å². The second-order valence-corrected chi connectivity index (χ2v) is 6.64. The van der Waals surface area contributed by atoms with Crippen LogP contribution < -0.4 is 0 Å². The van der Waals surface area contributed by atoms with Crippen molar-refractivity contribution in [2.75, 3.05) is 19.3 Å². The number of benzene rings is 1. The van der Waals surface area contributed by atoms with Crippen LogP contribution in [0.3, 0.4) is 0 Å². The Bertz CT molecular complexity index is 473. The maximum Gasteiger partial charge on any atom is 0.253 e. The molecule has 1 N–H and O–H groups in total. The SMILES string of the molecule is CSCc1cccc(C(=O)N2CCCC(C)(O)CC2)c1. The molecular weight excluding hydrogens is 270 g/mol. The first-order valence-corrected chi connectivity index (χ1v) is 8.51. The molecule has 1 aliphatic heterocycles. The monoisotopic (exact) mass is 293 g/mol. The Kier molecular flexibility index (Phi) is 5.11. The van der Waals surface area contributed by atoms with Gasteiger partial charge in [0.05, 0.1) is 5.60 Å². The van der Waals surface area contributed by atoms with Gasteiger partial charge in [0.25, 0.3) is 5.91 Å². The second-order valence-electron chi connectivity index (χ2n) is 5.78. The summed E-state index contributed by atoms with van der Waals surface area (Å²) in [7, 11) is 0. The molecule has 0 bridgehead atoms. The molecule has 1 atom stereocenters. The van der Waals surface area contributed by atoms with Crippen LogP contribution in [0.15, 0.2) is 24.3 Å². The number of carbonyl (C=O) groups excluding carboxylic acids is 1. The van der Waals surface area contributed by atoms with E-state index in [0.717, 1.165) is 30.7 Å². The predicted octanol–water partition coefficient (Wildman–Crippen LogP) is 2.93. The van der Waals surface area contributed by atoms with Crippen molar-refractivity contribution in [3.05, 3.63) is 35.4 Å². The Morgan fingerprint density at radius 2 is 2.20 bits per heavy atom. The first kappa shape index (κ1) is 15.4. The minimum atomic E-state index is -0.629. The molecule has 0 saturated carbocycles. The van der Waals surface area contributed by atoms with Crippen LogP contribution in [0.2, 0.25) is 0 Å². The average Bonchev–Trinajstić information content (AvgIpc) is 2.60. The molecule has 0 aromatic heterocycles.